The first-order valence-electron chi connectivity index (χ1n) is 10.4. The second kappa shape index (κ2) is 10.6. The van der Waals surface area contributed by atoms with Crippen LogP contribution in [0.1, 0.15) is 15.9 Å². The van der Waals surface area contributed by atoms with Gasteiger partial charge in [-0.2, -0.15) is 0 Å². The van der Waals surface area contributed by atoms with Gasteiger partial charge in [-0.05, 0) is 66.2 Å². The van der Waals surface area contributed by atoms with Crippen molar-refractivity contribution in [3.63, 3.8) is 0 Å². The van der Waals surface area contributed by atoms with Crippen LogP contribution in [-0.2, 0) is 16.6 Å². The average Bonchev–Trinajstić information content (AvgIpc) is 2.85. The highest BCUT2D eigenvalue weighted by molar-refractivity contribution is 7.89. The van der Waals surface area contributed by atoms with Crippen LogP contribution in [0.25, 0.3) is 0 Å². The molecule has 0 aromatic heterocycles. The molecule has 0 spiro atoms. The zero-order valence-electron chi connectivity index (χ0n) is 18.2. The Kier molecular flexibility index (Phi) is 7.52. The highest BCUT2D eigenvalue weighted by Crippen LogP contribution is 2.29. The van der Waals surface area contributed by atoms with Gasteiger partial charge in [-0.3, -0.25) is 9.69 Å². The van der Waals surface area contributed by atoms with Crippen LogP contribution >= 0.6 is 23.2 Å². The van der Waals surface area contributed by atoms with Crippen LogP contribution in [-0.4, -0.2) is 14.3 Å². The van der Waals surface area contributed by atoms with E-state index in [4.69, 9.17) is 23.2 Å². The second-order valence-corrected chi connectivity index (χ2v) is 10.1. The van der Waals surface area contributed by atoms with Gasteiger partial charge in [0.2, 0.25) is 10.0 Å². The van der Waals surface area contributed by atoms with Gasteiger partial charge >= 0.3 is 0 Å². The fourth-order valence-electron chi connectivity index (χ4n) is 3.41. The van der Waals surface area contributed by atoms with Crippen LogP contribution in [0.2, 0.25) is 10.0 Å². The second-order valence-electron chi connectivity index (χ2n) is 7.51. The summed E-state index contributed by atoms with van der Waals surface area (Å²) in [5.41, 5.74) is 1.58. The van der Waals surface area contributed by atoms with E-state index in [0.717, 1.165) is 12.1 Å². The number of nitrogens with zero attached hydrogens (tertiary/aromatic N) is 1. The van der Waals surface area contributed by atoms with Crippen molar-refractivity contribution in [1.29, 1.82) is 0 Å². The molecule has 0 atom stereocenters. The average molecular weight is 529 g/mol. The third-order valence-electron chi connectivity index (χ3n) is 5.18. The van der Waals surface area contributed by atoms with Crippen molar-refractivity contribution in [1.82, 2.24) is 4.72 Å². The van der Waals surface area contributed by atoms with E-state index in [2.05, 4.69) is 4.72 Å². The number of nitrogens with one attached hydrogen (secondary N) is 1. The molecule has 0 bridgehead atoms. The topological polar surface area (TPSA) is 66.5 Å². The largest absolute Gasteiger partial charge is 0.277 e. The van der Waals surface area contributed by atoms with Crippen molar-refractivity contribution in [3.05, 3.63) is 124 Å². The zero-order chi connectivity index (χ0) is 25.0. The molecule has 4 rings (SSSR count). The summed E-state index contributed by atoms with van der Waals surface area (Å²) < 4.78 is 42.8. The number of benzene rings is 4. The Bertz CT molecular complexity index is 1460. The number of carbonyl (C=O) groups excluding carboxylic acids is 1. The predicted octanol–water partition coefficient (Wildman–Crippen LogP) is 6.59. The lowest BCUT2D eigenvalue weighted by Gasteiger charge is -2.23. The van der Waals surface area contributed by atoms with Gasteiger partial charge in [-0.15, -0.1) is 0 Å². The maximum absolute atomic E-state index is 14.6. The summed E-state index contributed by atoms with van der Waals surface area (Å²) in [6.45, 7) is -0.138. The molecule has 0 aliphatic heterocycles. The fourth-order valence-corrected chi connectivity index (χ4v) is 4.85. The fraction of sp³-hybridized carbons (Fsp3) is 0.0385. The maximum Gasteiger partial charge on any atom is 0.262 e. The number of anilines is 2. The molecule has 0 aliphatic carbocycles. The van der Waals surface area contributed by atoms with Crippen LogP contribution < -0.4 is 9.62 Å². The normalized spacial score (nSPS) is 11.3. The lowest BCUT2D eigenvalue weighted by atomic mass is 10.1. The van der Waals surface area contributed by atoms with E-state index >= 15 is 0 Å². The zero-order valence-corrected chi connectivity index (χ0v) is 20.5. The van der Waals surface area contributed by atoms with Gasteiger partial charge in [0.25, 0.3) is 5.91 Å². The molecular formula is C26H19Cl2FN2O3S. The lowest BCUT2D eigenvalue weighted by molar-refractivity contribution is 0.0999. The minimum Gasteiger partial charge on any atom is -0.277 e. The number of sulfonamides is 1. The van der Waals surface area contributed by atoms with Gasteiger partial charge in [0.15, 0.2) is 0 Å². The molecule has 0 aliphatic rings. The number of amides is 1. The van der Waals surface area contributed by atoms with E-state index in [-0.39, 0.29) is 12.1 Å². The number of hydrogen-bond acceptors (Lipinski definition) is 3. The molecule has 4 aromatic rings. The number of halogens is 3. The molecule has 35 heavy (non-hydrogen) atoms. The molecule has 0 radical (unpaired) electrons. The molecule has 9 heteroatoms. The van der Waals surface area contributed by atoms with E-state index in [1.807, 2.05) is 0 Å². The first kappa shape index (κ1) is 24.9. The van der Waals surface area contributed by atoms with E-state index in [0.29, 0.717) is 27.0 Å². The molecule has 0 fully saturated rings. The van der Waals surface area contributed by atoms with E-state index < -0.39 is 26.6 Å². The van der Waals surface area contributed by atoms with E-state index in [1.54, 1.807) is 78.9 Å². The van der Waals surface area contributed by atoms with Gasteiger partial charge in [-0.1, -0.05) is 59.6 Å². The minimum atomic E-state index is -4.29. The molecule has 1 N–H and O–H groups in total. The van der Waals surface area contributed by atoms with Crippen LogP contribution in [0.15, 0.2) is 102 Å². The van der Waals surface area contributed by atoms with Crippen molar-refractivity contribution in [2.24, 2.45) is 0 Å². The van der Waals surface area contributed by atoms with Gasteiger partial charge in [-0.25, -0.2) is 17.5 Å². The summed E-state index contributed by atoms with van der Waals surface area (Å²) >= 11 is 12.1. The van der Waals surface area contributed by atoms with Gasteiger partial charge in [0, 0.05) is 33.5 Å². The predicted molar refractivity (Wildman–Crippen MR) is 136 cm³/mol. The Morgan fingerprint density at radius 3 is 2.14 bits per heavy atom. The van der Waals surface area contributed by atoms with Crippen molar-refractivity contribution >= 4 is 50.5 Å². The number of hydrogen-bond donors (Lipinski definition) is 1. The Hall–Kier alpha value is -3.23. The van der Waals surface area contributed by atoms with Crippen LogP contribution in [0, 0.1) is 5.82 Å². The standard InChI is InChI=1S/C26H19Cl2FN2O3S/c27-20-11-13-22(14-12-20)31(21-7-2-1-3-8-21)26(32)18-10-15-24(29)25(16-18)35(33,34)30-17-19-6-4-5-9-23(19)28/h1-16,30H,17H2. The van der Waals surface area contributed by atoms with E-state index in [1.165, 1.54) is 11.0 Å². The van der Waals surface area contributed by atoms with Gasteiger partial charge in [0.1, 0.15) is 10.7 Å². The number of para-hydroxylation sites is 1. The minimum absolute atomic E-state index is 0.0108. The summed E-state index contributed by atoms with van der Waals surface area (Å²) in [4.78, 5) is 14.3. The molecule has 0 heterocycles. The first-order valence-corrected chi connectivity index (χ1v) is 12.7. The van der Waals surface area contributed by atoms with Crippen molar-refractivity contribution < 1.29 is 17.6 Å². The van der Waals surface area contributed by atoms with Gasteiger partial charge in [0.05, 0.1) is 0 Å². The summed E-state index contributed by atoms with van der Waals surface area (Å²) in [6.07, 6.45) is 0. The summed E-state index contributed by atoms with van der Waals surface area (Å²) in [7, 11) is -4.29. The Morgan fingerprint density at radius 1 is 0.829 bits per heavy atom. The monoisotopic (exact) mass is 528 g/mol. The quantitative estimate of drug-likeness (QED) is 0.294. The Labute approximate surface area is 212 Å². The van der Waals surface area contributed by atoms with Crippen molar-refractivity contribution in [2.75, 3.05) is 4.90 Å². The molecular weight excluding hydrogens is 510 g/mol. The molecule has 178 valence electrons. The molecule has 0 saturated carbocycles. The summed E-state index contributed by atoms with van der Waals surface area (Å²) in [5.74, 6) is -1.52. The third-order valence-corrected chi connectivity index (χ3v) is 7.22. The molecule has 1 amide bonds. The molecule has 5 nitrogen and oxygen atoms in total. The molecule has 4 aromatic carbocycles. The van der Waals surface area contributed by atoms with Crippen molar-refractivity contribution in [2.45, 2.75) is 11.4 Å². The maximum atomic E-state index is 14.6. The Morgan fingerprint density at radius 2 is 1.46 bits per heavy atom. The number of carbonyl (C=O) groups is 1. The van der Waals surface area contributed by atoms with Crippen LogP contribution in [0.3, 0.4) is 0 Å². The van der Waals surface area contributed by atoms with Crippen LogP contribution in [0.4, 0.5) is 15.8 Å². The van der Waals surface area contributed by atoms with Crippen LogP contribution in [0.5, 0.6) is 0 Å². The van der Waals surface area contributed by atoms with E-state index in [9.17, 15) is 17.6 Å². The van der Waals surface area contributed by atoms with Gasteiger partial charge < -0.3 is 0 Å². The third kappa shape index (κ3) is 5.71. The summed E-state index contributed by atoms with van der Waals surface area (Å²) in [6, 6.07) is 25.4. The molecule has 0 saturated heterocycles. The van der Waals surface area contributed by atoms with Crippen molar-refractivity contribution in [3.8, 4) is 0 Å². The number of rotatable bonds is 7. The lowest BCUT2D eigenvalue weighted by Crippen LogP contribution is -2.28. The SMILES string of the molecule is O=C(c1ccc(F)c(S(=O)(=O)NCc2ccccc2Cl)c1)N(c1ccccc1)c1ccc(Cl)cc1. The molecule has 0 unspecified atom stereocenters. The summed E-state index contributed by atoms with van der Waals surface area (Å²) in [5, 5.41) is 0.870. The Balaban J connectivity index is 1.69. The highest BCUT2D eigenvalue weighted by atomic mass is 35.5. The smallest absolute Gasteiger partial charge is 0.262 e. The highest BCUT2D eigenvalue weighted by Gasteiger charge is 2.25. The first-order chi connectivity index (χ1) is 16.8.